The van der Waals surface area contributed by atoms with Crippen LogP contribution in [-0.2, 0) is 22.6 Å². The van der Waals surface area contributed by atoms with Gasteiger partial charge in [0.05, 0.1) is 25.7 Å². The van der Waals surface area contributed by atoms with Crippen molar-refractivity contribution in [2.24, 2.45) is 0 Å². The second-order valence-electron chi connectivity index (χ2n) is 6.51. The van der Waals surface area contributed by atoms with Gasteiger partial charge in [-0.15, -0.1) is 0 Å². The monoisotopic (exact) mass is 396 g/mol. The number of amides is 2. The van der Waals surface area contributed by atoms with Gasteiger partial charge in [-0.2, -0.15) is 0 Å². The third-order valence-corrected chi connectivity index (χ3v) is 4.41. The third kappa shape index (κ3) is 5.83. The lowest BCUT2D eigenvalue weighted by Crippen LogP contribution is -2.43. The average molecular weight is 396 g/mol. The predicted octanol–water partition coefficient (Wildman–Crippen LogP) is 3.19. The van der Waals surface area contributed by atoms with Gasteiger partial charge in [0.15, 0.2) is 5.76 Å². The molecule has 2 heterocycles. The number of benzene rings is 1. The number of carbonyl (C=O) groups is 2. The van der Waals surface area contributed by atoms with E-state index in [1.165, 1.54) is 11.2 Å². The van der Waals surface area contributed by atoms with E-state index < -0.39 is 0 Å². The maximum absolute atomic E-state index is 13.1. The molecule has 0 aliphatic rings. The summed E-state index contributed by atoms with van der Waals surface area (Å²) in [5.41, 5.74) is 0.994. The quantitative estimate of drug-likeness (QED) is 0.526. The van der Waals surface area contributed by atoms with Gasteiger partial charge in [0.1, 0.15) is 12.3 Å². The van der Waals surface area contributed by atoms with Gasteiger partial charge in [0.2, 0.25) is 5.91 Å². The molecule has 0 bridgehead atoms. The Morgan fingerprint density at radius 3 is 2.31 bits per heavy atom. The van der Waals surface area contributed by atoms with Crippen molar-refractivity contribution in [3.63, 3.8) is 0 Å². The normalized spacial score (nSPS) is 10.7. The van der Waals surface area contributed by atoms with E-state index in [1.807, 2.05) is 36.4 Å². The predicted molar refractivity (Wildman–Crippen MR) is 106 cm³/mol. The van der Waals surface area contributed by atoms with Crippen molar-refractivity contribution in [1.29, 1.82) is 0 Å². The van der Waals surface area contributed by atoms with E-state index >= 15 is 0 Å². The number of methoxy groups -OCH3 is 1. The number of hydrogen-bond donors (Lipinski definition) is 0. The second-order valence-corrected chi connectivity index (χ2v) is 6.51. The minimum Gasteiger partial charge on any atom is -0.467 e. The van der Waals surface area contributed by atoms with Crippen molar-refractivity contribution >= 4 is 11.8 Å². The molecule has 0 saturated heterocycles. The molecule has 152 valence electrons. The van der Waals surface area contributed by atoms with E-state index in [1.54, 1.807) is 36.5 Å². The highest BCUT2D eigenvalue weighted by molar-refractivity contribution is 5.94. The van der Waals surface area contributed by atoms with E-state index in [0.29, 0.717) is 25.5 Å². The molecule has 0 spiro atoms. The Balaban J connectivity index is 1.75. The Labute approximate surface area is 169 Å². The molecule has 2 amide bonds. The minimum atomic E-state index is -0.349. The van der Waals surface area contributed by atoms with Crippen molar-refractivity contribution in [3.05, 3.63) is 84.2 Å². The van der Waals surface area contributed by atoms with Crippen LogP contribution < -0.4 is 0 Å². The standard InChI is InChI=1S/C22H24N2O5/c1-27-14-11-23(22(26)20-10-6-13-29-20)17-21(25)24(16-19-9-5-12-28-19)15-18-7-3-2-4-8-18/h2-10,12-13H,11,14-17H2,1H3. The van der Waals surface area contributed by atoms with Crippen molar-refractivity contribution < 1.29 is 23.2 Å². The molecule has 1 aromatic carbocycles. The van der Waals surface area contributed by atoms with Crippen LogP contribution in [0.5, 0.6) is 0 Å². The molecule has 0 N–H and O–H groups in total. The van der Waals surface area contributed by atoms with Crippen LogP contribution in [0, 0.1) is 0 Å². The van der Waals surface area contributed by atoms with Gasteiger partial charge in [0.25, 0.3) is 5.91 Å². The molecule has 29 heavy (non-hydrogen) atoms. The Morgan fingerprint density at radius 1 is 0.897 bits per heavy atom. The maximum Gasteiger partial charge on any atom is 0.290 e. The first-order valence-electron chi connectivity index (χ1n) is 9.33. The summed E-state index contributed by atoms with van der Waals surface area (Å²) < 4.78 is 15.7. The molecular weight excluding hydrogens is 372 g/mol. The van der Waals surface area contributed by atoms with Crippen molar-refractivity contribution in [1.82, 2.24) is 9.80 Å². The van der Waals surface area contributed by atoms with Crippen molar-refractivity contribution in [2.45, 2.75) is 13.1 Å². The molecule has 3 rings (SSSR count). The average Bonchev–Trinajstić information content (AvgIpc) is 3.45. The number of rotatable bonds is 10. The molecule has 0 fully saturated rings. The molecule has 0 aliphatic heterocycles. The van der Waals surface area contributed by atoms with Crippen LogP contribution in [0.3, 0.4) is 0 Å². The summed E-state index contributed by atoms with van der Waals surface area (Å²) in [6.07, 6.45) is 3.01. The Kier molecular flexibility index (Phi) is 7.24. The van der Waals surface area contributed by atoms with E-state index in [0.717, 1.165) is 5.56 Å². The third-order valence-electron chi connectivity index (χ3n) is 4.41. The summed E-state index contributed by atoms with van der Waals surface area (Å²) >= 11 is 0. The highest BCUT2D eigenvalue weighted by Crippen LogP contribution is 2.13. The van der Waals surface area contributed by atoms with Crippen LogP contribution in [0.2, 0.25) is 0 Å². The summed E-state index contributed by atoms with van der Waals surface area (Å²) in [6.45, 7) is 1.23. The fraction of sp³-hybridized carbons (Fsp3) is 0.273. The van der Waals surface area contributed by atoms with Gasteiger partial charge in [-0.05, 0) is 29.8 Å². The number of carbonyl (C=O) groups excluding carboxylic acids is 2. The SMILES string of the molecule is COCCN(CC(=O)N(Cc1ccccc1)Cc1ccco1)C(=O)c1ccco1. The van der Waals surface area contributed by atoms with Crippen molar-refractivity contribution in [2.75, 3.05) is 26.8 Å². The first kappa shape index (κ1) is 20.4. The molecule has 7 heteroatoms. The number of nitrogens with zero attached hydrogens (tertiary/aromatic N) is 2. The number of ether oxygens (including phenoxy) is 1. The molecule has 7 nitrogen and oxygen atoms in total. The summed E-state index contributed by atoms with van der Waals surface area (Å²) in [5, 5.41) is 0. The van der Waals surface area contributed by atoms with Crippen LogP contribution in [0.25, 0.3) is 0 Å². The highest BCUT2D eigenvalue weighted by atomic mass is 16.5. The lowest BCUT2D eigenvalue weighted by atomic mass is 10.2. The zero-order valence-corrected chi connectivity index (χ0v) is 16.3. The van der Waals surface area contributed by atoms with Gasteiger partial charge in [0, 0.05) is 20.2 Å². The molecule has 0 aliphatic carbocycles. The number of furan rings is 2. The Morgan fingerprint density at radius 2 is 1.66 bits per heavy atom. The topological polar surface area (TPSA) is 76.1 Å². The lowest BCUT2D eigenvalue weighted by molar-refractivity contribution is -0.133. The molecule has 2 aromatic heterocycles. The highest BCUT2D eigenvalue weighted by Gasteiger charge is 2.24. The van der Waals surface area contributed by atoms with E-state index in [2.05, 4.69) is 0 Å². The van der Waals surface area contributed by atoms with Crippen LogP contribution in [0.15, 0.2) is 76.0 Å². The fourth-order valence-electron chi connectivity index (χ4n) is 2.90. The fourth-order valence-corrected chi connectivity index (χ4v) is 2.90. The molecule has 0 saturated carbocycles. The first-order valence-corrected chi connectivity index (χ1v) is 9.33. The zero-order valence-electron chi connectivity index (χ0n) is 16.3. The van der Waals surface area contributed by atoms with E-state index in [4.69, 9.17) is 13.6 Å². The van der Waals surface area contributed by atoms with Crippen LogP contribution >= 0.6 is 0 Å². The Bertz CT molecular complexity index is 875. The van der Waals surface area contributed by atoms with Gasteiger partial charge >= 0.3 is 0 Å². The van der Waals surface area contributed by atoms with Gasteiger partial charge in [-0.1, -0.05) is 30.3 Å². The lowest BCUT2D eigenvalue weighted by Gasteiger charge is -2.27. The largest absolute Gasteiger partial charge is 0.467 e. The zero-order chi connectivity index (χ0) is 20.5. The Hall–Kier alpha value is -3.32. The van der Waals surface area contributed by atoms with Crippen molar-refractivity contribution in [3.8, 4) is 0 Å². The van der Waals surface area contributed by atoms with Crippen LogP contribution in [-0.4, -0.2) is 48.4 Å². The van der Waals surface area contributed by atoms with Gasteiger partial charge in [-0.3, -0.25) is 9.59 Å². The second kappa shape index (κ2) is 10.3. The van der Waals surface area contributed by atoms with Gasteiger partial charge in [-0.25, -0.2) is 0 Å². The van der Waals surface area contributed by atoms with Crippen LogP contribution in [0.4, 0.5) is 0 Å². The smallest absolute Gasteiger partial charge is 0.290 e. The molecular formula is C22H24N2O5. The van der Waals surface area contributed by atoms with E-state index in [-0.39, 0.29) is 30.7 Å². The first-order chi connectivity index (χ1) is 14.2. The molecule has 0 atom stereocenters. The molecule has 0 unspecified atom stereocenters. The summed E-state index contributed by atoms with van der Waals surface area (Å²) in [4.78, 5) is 29.0. The number of hydrogen-bond acceptors (Lipinski definition) is 5. The van der Waals surface area contributed by atoms with Gasteiger partial charge < -0.3 is 23.4 Å². The van der Waals surface area contributed by atoms with Crippen LogP contribution in [0.1, 0.15) is 21.9 Å². The molecule has 0 radical (unpaired) electrons. The summed E-state index contributed by atoms with van der Waals surface area (Å²) in [6, 6.07) is 16.5. The minimum absolute atomic E-state index is 0.0869. The maximum atomic E-state index is 13.1. The summed E-state index contributed by atoms with van der Waals surface area (Å²) in [5.74, 6) is 0.323. The van der Waals surface area contributed by atoms with E-state index in [9.17, 15) is 9.59 Å². The molecule has 3 aromatic rings. The summed E-state index contributed by atoms with van der Waals surface area (Å²) in [7, 11) is 1.55.